The van der Waals surface area contributed by atoms with E-state index in [1.165, 1.54) is 18.2 Å². The molecule has 0 bridgehead atoms. The summed E-state index contributed by atoms with van der Waals surface area (Å²) in [5.74, 6) is -2.22. The minimum atomic E-state index is -1.09. The molecule has 0 atom stereocenters. The second-order valence-electron chi connectivity index (χ2n) is 5.25. The number of ketones is 3. The predicted molar refractivity (Wildman–Crippen MR) is 80.9 cm³/mol. The minimum Gasteiger partial charge on any atom is -0.481 e. The van der Waals surface area contributed by atoms with Gasteiger partial charge in [0.15, 0.2) is 17.3 Å². The van der Waals surface area contributed by atoms with Crippen molar-refractivity contribution in [1.82, 2.24) is 0 Å². The molecule has 5 nitrogen and oxygen atoms in total. The Hall–Kier alpha value is -3.08. The molecule has 0 radical (unpaired) electrons. The highest BCUT2D eigenvalue weighted by molar-refractivity contribution is 6.30. The summed E-state index contributed by atoms with van der Waals surface area (Å²) in [4.78, 5) is 48.1. The second-order valence-corrected chi connectivity index (χ2v) is 5.25. The molecule has 23 heavy (non-hydrogen) atoms. The van der Waals surface area contributed by atoms with Gasteiger partial charge in [0.05, 0.1) is 6.42 Å². The first-order valence-corrected chi connectivity index (χ1v) is 7.07. The third-order valence-corrected chi connectivity index (χ3v) is 3.82. The van der Waals surface area contributed by atoms with Gasteiger partial charge in [-0.15, -0.1) is 0 Å². The maximum Gasteiger partial charge on any atom is 0.303 e. The first-order chi connectivity index (χ1) is 11.0. The number of hydrogen-bond donors (Lipinski definition) is 1. The summed E-state index contributed by atoms with van der Waals surface area (Å²) in [6, 6.07) is 11.0. The number of carboxylic acid groups (broad SMARTS) is 1. The zero-order valence-corrected chi connectivity index (χ0v) is 12.0. The molecule has 0 fully saturated rings. The van der Waals surface area contributed by atoms with E-state index in [-0.39, 0.29) is 46.7 Å². The SMILES string of the molecule is O=C(O)CCC(=O)c1cccc2c1C(=O)c1ccccc1C2=O. The third-order valence-electron chi connectivity index (χ3n) is 3.82. The zero-order chi connectivity index (χ0) is 16.6. The molecule has 0 spiro atoms. The Morgan fingerprint density at radius 2 is 1.39 bits per heavy atom. The Kier molecular flexibility index (Phi) is 3.62. The third kappa shape index (κ3) is 2.46. The molecule has 0 heterocycles. The molecule has 1 aliphatic rings. The van der Waals surface area contributed by atoms with Crippen molar-refractivity contribution in [1.29, 1.82) is 0 Å². The molecule has 1 aliphatic carbocycles. The van der Waals surface area contributed by atoms with Crippen LogP contribution in [0.1, 0.15) is 55.0 Å². The van der Waals surface area contributed by atoms with E-state index in [0.717, 1.165) is 0 Å². The summed E-state index contributed by atoms with van der Waals surface area (Å²) in [6.07, 6.45) is -0.532. The Labute approximate surface area is 131 Å². The van der Waals surface area contributed by atoms with E-state index in [1.807, 2.05) is 0 Å². The summed E-state index contributed by atoms with van der Waals surface area (Å²) in [5.41, 5.74) is 0.960. The summed E-state index contributed by atoms with van der Waals surface area (Å²) < 4.78 is 0. The topological polar surface area (TPSA) is 88.5 Å². The van der Waals surface area contributed by atoms with Crippen LogP contribution in [0.4, 0.5) is 0 Å². The van der Waals surface area contributed by atoms with E-state index in [2.05, 4.69) is 0 Å². The van der Waals surface area contributed by atoms with Crippen LogP contribution in [0.15, 0.2) is 42.5 Å². The molecule has 5 heteroatoms. The molecular weight excluding hydrogens is 296 g/mol. The number of rotatable bonds is 4. The first-order valence-electron chi connectivity index (χ1n) is 7.07. The number of aliphatic carboxylic acids is 1. The van der Waals surface area contributed by atoms with Crippen LogP contribution in [0.3, 0.4) is 0 Å². The van der Waals surface area contributed by atoms with Crippen molar-refractivity contribution in [2.75, 3.05) is 0 Å². The quantitative estimate of drug-likeness (QED) is 0.748. The number of Topliss-reactive ketones (excluding diaryl/α,β-unsaturated/α-hetero) is 1. The van der Waals surface area contributed by atoms with Crippen molar-refractivity contribution in [3.8, 4) is 0 Å². The van der Waals surface area contributed by atoms with Crippen molar-refractivity contribution >= 4 is 23.3 Å². The van der Waals surface area contributed by atoms with Crippen molar-refractivity contribution in [2.24, 2.45) is 0 Å². The molecule has 3 rings (SSSR count). The van der Waals surface area contributed by atoms with Gasteiger partial charge in [0.2, 0.25) is 0 Å². The number of benzene rings is 2. The van der Waals surface area contributed by atoms with Gasteiger partial charge in [0, 0.05) is 34.2 Å². The number of hydrogen-bond acceptors (Lipinski definition) is 4. The fourth-order valence-electron chi connectivity index (χ4n) is 2.73. The van der Waals surface area contributed by atoms with E-state index < -0.39 is 11.8 Å². The smallest absolute Gasteiger partial charge is 0.303 e. The summed E-state index contributed by atoms with van der Waals surface area (Å²) in [6.45, 7) is 0. The van der Waals surface area contributed by atoms with Gasteiger partial charge in [-0.2, -0.15) is 0 Å². The Balaban J connectivity index is 2.11. The molecular formula is C18H12O5. The van der Waals surface area contributed by atoms with Gasteiger partial charge in [0.1, 0.15) is 0 Å². The van der Waals surface area contributed by atoms with Crippen LogP contribution in [0, 0.1) is 0 Å². The van der Waals surface area contributed by atoms with Gasteiger partial charge in [-0.05, 0) is 0 Å². The van der Waals surface area contributed by atoms with Gasteiger partial charge >= 0.3 is 5.97 Å². The average Bonchev–Trinajstić information content (AvgIpc) is 2.57. The molecule has 0 amide bonds. The molecule has 1 N–H and O–H groups in total. The largest absolute Gasteiger partial charge is 0.481 e. The molecule has 0 unspecified atom stereocenters. The predicted octanol–water partition coefficient (Wildman–Crippen LogP) is 2.51. The molecule has 2 aromatic carbocycles. The lowest BCUT2D eigenvalue weighted by Crippen LogP contribution is -2.24. The molecule has 2 aromatic rings. The summed E-state index contributed by atoms with van der Waals surface area (Å²) in [7, 11) is 0. The van der Waals surface area contributed by atoms with Crippen LogP contribution in [-0.4, -0.2) is 28.4 Å². The van der Waals surface area contributed by atoms with Gasteiger partial charge in [-0.1, -0.05) is 42.5 Å². The van der Waals surface area contributed by atoms with Crippen LogP contribution in [0.2, 0.25) is 0 Å². The fraction of sp³-hybridized carbons (Fsp3) is 0.111. The highest BCUT2D eigenvalue weighted by atomic mass is 16.4. The Morgan fingerprint density at radius 3 is 2.04 bits per heavy atom. The van der Waals surface area contributed by atoms with Crippen molar-refractivity contribution in [3.05, 3.63) is 70.3 Å². The minimum absolute atomic E-state index is 0.0755. The number of carbonyl (C=O) groups is 4. The van der Waals surface area contributed by atoms with Crippen LogP contribution in [0.25, 0.3) is 0 Å². The van der Waals surface area contributed by atoms with Gasteiger partial charge in [0.25, 0.3) is 0 Å². The van der Waals surface area contributed by atoms with Crippen molar-refractivity contribution < 1.29 is 24.3 Å². The number of fused-ring (bicyclic) bond motifs is 2. The molecule has 114 valence electrons. The van der Waals surface area contributed by atoms with E-state index in [0.29, 0.717) is 5.56 Å². The van der Waals surface area contributed by atoms with Crippen LogP contribution in [-0.2, 0) is 4.79 Å². The van der Waals surface area contributed by atoms with Crippen LogP contribution in [0.5, 0.6) is 0 Å². The molecule has 0 aromatic heterocycles. The standard InChI is InChI=1S/C18H12O5/c19-14(8-9-15(20)21)12-6-3-7-13-16(12)18(23)11-5-2-1-4-10(11)17(13)22/h1-7H,8-9H2,(H,20,21). The zero-order valence-electron chi connectivity index (χ0n) is 12.0. The Morgan fingerprint density at radius 1 is 0.783 bits per heavy atom. The lowest BCUT2D eigenvalue weighted by Gasteiger charge is -2.19. The average molecular weight is 308 g/mol. The van der Waals surface area contributed by atoms with Crippen LogP contribution >= 0.6 is 0 Å². The highest BCUT2D eigenvalue weighted by Crippen LogP contribution is 2.30. The Bertz CT molecular complexity index is 863. The monoisotopic (exact) mass is 308 g/mol. The lowest BCUT2D eigenvalue weighted by molar-refractivity contribution is -0.136. The molecule has 0 saturated heterocycles. The normalized spacial score (nSPS) is 12.5. The van der Waals surface area contributed by atoms with Crippen molar-refractivity contribution in [3.63, 3.8) is 0 Å². The first kappa shape index (κ1) is 14.8. The molecule has 0 saturated carbocycles. The maximum atomic E-state index is 12.7. The van der Waals surface area contributed by atoms with Crippen LogP contribution < -0.4 is 0 Å². The second kappa shape index (κ2) is 5.61. The molecule has 0 aliphatic heterocycles. The van der Waals surface area contributed by atoms with Crippen molar-refractivity contribution in [2.45, 2.75) is 12.8 Å². The highest BCUT2D eigenvalue weighted by Gasteiger charge is 2.32. The summed E-state index contributed by atoms with van der Waals surface area (Å²) >= 11 is 0. The number of carbonyl (C=O) groups excluding carboxylic acids is 3. The van der Waals surface area contributed by atoms with E-state index in [1.54, 1.807) is 24.3 Å². The summed E-state index contributed by atoms with van der Waals surface area (Å²) in [5, 5.41) is 8.70. The van der Waals surface area contributed by atoms with E-state index in [9.17, 15) is 19.2 Å². The van der Waals surface area contributed by atoms with E-state index in [4.69, 9.17) is 5.11 Å². The number of carboxylic acids is 1. The van der Waals surface area contributed by atoms with E-state index >= 15 is 0 Å². The fourth-order valence-corrected chi connectivity index (χ4v) is 2.73. The van der Waals surface area contributed by atoms with Gasteiger partial charge < -0.3 is 5.11 Å². The maximum absolute atomic E-state index is 12.7. The van der Waals surface area contributed by atoms with Gasteiger partial charge in [-0.25, -0.2) is 0 Å². The van der Waals surface area contributed by atoms with Gasteiger partial charge in [-0.3, -0.25) is 19.2 Å². The lowest BCUT2D eigenvalue weighted by atomic mass is 9.81.